The predicted octanol–water partition coefficient (Wildman–Crippen LogP) is 1.79. The van der Waals surface area contributed by atoms with E-state index in [-0.39, 0.29) is 19.6 Å². The summed E-state index contributed by atoms with van der Waals surface area (Å²) in [7, 11) is 0. The molecule has 8 heteroatoms. The molecule has 1 aromatic carbocycles. The number of aliphatic hydroxyl groups is 2. The van der Waals surface area contributed by atoms with E-state index in [1.54, 1.807) is 0 Å². The lowest BCUT2D eigenvalue weighted by Gasteiger charge is -2.19. The normalized spacial score (nSPS) is 15.9. The quantitative estimate of drug-likeness (QED) is 0.635. The van der Waals surface area contributed by atoms with E-state index in [0.29, 0.717) is 11.5 Å². The molecule has 1 aliphatic heterocycles. The van der Waals surface area contributed by atoms with Crippen LogP contribution in [0.5, 0.6) is 0 Å². The summed E-state index contributed by atoms with van der Waals surface area (Å²) in [6, 6.07) is 9.36. The molecule has 0 aliphatic carbocycles. The standard InChI is InChI=1S/C20H26N4O4/c25-17(8-9-21-20(27)28-14-15-6-2-1-3-7-15)18(26)16-12-22-19(23-13-16)24-10-4-5-11-24/h1-3,6-7,12-13,17-18,25-26H,4-5,8-11,14H2,(H,21,27). The smallest absolute Gasteiger partial charge is 0.407 e. The van der Waals surface area contributed by atoms with Crippen molar-refractivity contribution in [1.29, 1.82) is 0 Å². The number of ether oxygens (including phenoxy) is 1. The monoisotopic (exact) mass is 386 g/mol. The molecule has 1 fully saturated rings. The molecule has 1 amide bonds. The molecule has 28 heavy (non-hydrogen) atoms. The number of carbonyl (C=O) groups excluding carboxylic acids is 1. The summed E-state index contributed by atoms with van der Waals surface area (Å²) >= 11 is 0. The van der Waals surface area contributed by atoms with Gasteiger partial charge < -0.3 is 25.2 Å². The molecule has 2 aromatic rings. The highest BCUT2D eigenvalue weighted by atomic mass is 16.5. The Balaban J connectivity index is 1.38. The van der Waals surface area contributed by atoms with Crippen molar-refractivity contribution in [2.45, 2.75) is 38.1 Å². The zero-order valence-corrected chi connectivity index (χ0v) is 15.7. The molecule has 1 aromatic heterocycles. The second-order valence-electron chi connectivity index (χ2n) is 6.80. The van der Waals surface area contributed by atoms with Gasteiger partial charge in [0.05, 0.1) is 6.10 Å². The van der Waals surface area contributed by atoms with Crippen LogP contribution in [0.25, 0.3) is 0 Å². The number of nitrogens with zero attached hydrogens (tertiary/aromatic N) is 3. The molecule has 8 nitrogen and oxygen atoms in total. The average Bonchev–Trinajstić information content (AvgIpc) is 3.27. The Kier molecular flexibility index (Phi) is 7.16. The molecule has 2 atom stereocenters. The third-order valence-electron chi connectivity index (χ3n) is 4.68. The molecule has 3 rings (SSSR count). The van der Waals surface area contributed by atoms with Gasteiger partial charge in [-0.05, 0) is 24.8 Å². The average molecular weight is 386 g/mol. The highest BCUT2D eigenvalue weighted by molar-refractivity contribution is 5.67. The third kappa shape index (κ3) is 5.64. The van der Waals surface area contributed by atoms with Gasteiger partial charge in [0, 0.05) is 37.6 Å². The van der Waals surface area contributed by atoms with Crippen LogP contribution in [0.3, 0.4) is 0 Å². The first-order valence-electron chi connectivity index (χ1n) is 9.51. The van der Waals surface area contributed by atoms with Gasteiger partial charge in [-0.15, -0.1) is 0 Å². The molecule has 1 aliphatic rings. The van der Waals surface area contributed by atoms with Crippen LogP contribution in [0.15, 0.2) is 42.7 Å². The molecule has 0 radical (unpaired) electrons. The molecule has 1 saturated heterocycles. The van der Waals surface area contributed by atoms with Crippen molar-refractivity contribution >= 4 is 12.0 Å². The summed E-state index contributed by atoms with van der Waals surface area (Å²) in [5, 5.41) is 23.0. The molecule has 0 bridgehead atoms. The van der Waals surface area contributed by atoms with Crippen molar-refractivity contribution in [2.24, 2.45) is 0 Å². The highest BCUT2D eigenvalue weighted by Gasteiger charge is 2.21. The topological polar surface area (TPSA) is 108 Å². The van der Waals surface area contributed by atoms with Crippen LogP contribution in [0.1, 0.15) is 36.5 Å². The fourth-order valence-corrected chi connectivity index (χ4v) is 3.04. The van der Waals surface area contributed by atoms with Crippen LogP contribution in [-0.2, 0) is 11.3 Å². The fraction of sp³-hybridized carbons (Fsp3) is 0.450. The van der Waals surface area contributed by atoms with Crippen LogP contribution in [-0.4, -0.2) is 52.0 Å². The fourth-order valence-electron chi connectivity index (χ4n) is 3.04. The first-order valence-corrected chi connectivity index (χ1v) is 9.51. The molecular weight excluding hydrogens is 360 g/mol. The van der Waals surface area contributed by atoms with E-state index in [9.17, 15) is 15.0 Å². The van der Waals surface area contributed by atoms with Crippen molar-refractivity contribution in [2.75, 3.05) is 24.5 Å². The number of nitrogens with one attached hydrogen (secondary N) is 1. The van der Waals surface area contributed by atoms with Crippen molar-refractivity contribution in [1.82, 2.24) is 15.3 Å². The van der Waals surface area contributed by atoms with Gasteiger partial charge in [-0.3, -0.25) is 0 Å². The first-order chi connectivity index (χ1) is 13.6. The summed E-state index contributed by atoms with van der Waals surface area (Å²) in [5.74, 6) is 0.644. The number of hydrogen-bond donors (Lipinski definition) is 3. The van der Waals surface area contributed by atoms with Gasteiger partial charge in [-0.1, -0.05) is 30.3 Å². The maximum atomic E-state index is 11.7. The molecular formula is C20H26N4O4. The number of aromatic nitrogens is 2. The Morgan fingerprint density at radius 3 is 2.50 bits per heavy atom. The Labute approximate surface area is 164 Å². The van der Waals surface area contributed by atoms with E-state index >= 15 is 0 Å². The number of alkyl carbamates (subject to hydrolysis) is 1. The number of anilines is 1. The van der Waals surface area contributed by atoms with Gasteiger partial charge in [0.2, 0.25) is 5.95 Å². The maximum Gasteiger partial charge on any atom is 0.407 e. The van der Waals surface area contributed by atoms with E-state index in [4.69, 9.17) is 4.74 Å². The largest absolute Gasteiger partial charge is 0.445 e. The molecule has 150 valence electrons. The lowest BCUT2D eigenvalue weighted by atomic mass is 10.1. The summed E-state index contributed by atoms with van der Waals surface area (Å²) < 4.78 is 5.10. The number of benzene rings is 1. The minimum Gasteiger partial charge on any atom is -0.445 e. The van der Waals surface area contributed by atoms with E-state index < -0.39 is 18.3 Å². The van der Waals surface area contributed by atoms with Crippen molar-refractivity contribution in [3.05, 3.63) is 53.9 Å². The summed E-state index contributed by atoms with van der Waals surface area (Å²) in [6.45, 7) is 2.24. The predicted molar refractivity (Wildman–Crippen MR) is 104 cm³/mol. The van der Waals surface area contributed by atoms with Crippen LogP contribution in [0, 0.1) is 0 Å². The van der Waals surface area contributed by atoms with E-state index in [2.05, 4.69) is 20.2 Å². The zero-order chi connectivity index (χ0) is 19.8. The molecule has 0 saturated carbocycles. The van der Waals surface area contributed by atoms with E-state index in [1.165, 1.54) is 12.4 Å². The maximum absolute atomic E-state index is 11.7. The van der Waals surface area contributed by atoms with Crippen LogP contribution in [0.2, 0.25) is 0 Å². The Bertz CT molecular complexity index is 736. The second kappa shape index (κ2) is 10.0. The van der Waals surface area contributed by atoms with Crippen LogP contribution in [0.4, 0.5) is 10.7 Å². The number of hydrogen-bond acceptors (Lipinski definition) is 7. The molecule has 2 heterocycles. The Morgan fingerprint density at radius 1 is 1.14 bits per heavy atom. The summed E-state index contributed by atoms with van der Waals surface area (Å²) in [4.78, 5) is 22.4. The lowest BCUT2D eigenvalue weighted by molar-refractivity contribution is 0.0132. The minimum absolute atomic E-state index is 0.176. The highest BCUT2D eigenvalue weighted by Crippen LogP contribution is 2.20. The van der Waals surface area contributed by atoms with Gasteiger partial charge in [-0.25, -0.2) is 14.8 Å². The van der Waals surface area contributed by atoms with Gasteiger partial charge in [0.1, 0.15) is 12.7 Å². The van der Waals surface area contributed by atoms with Crippen LogP contribution >= 0.6 is 0 Å². The number of carbonyl (C=O) groups is 1. The molecule has 2 unspecified atom stereocenters. The Hall–Kier alpha value is -2.71. The Morgan fingerprint density at radius 2 is 1.82 bits per heavy atom. The van der Waals surface area contributed by atoms with E-state index in [0.717, 1.165) is 31.5 Å². The summed E-state index contributed by atoms with van der Waals surface area (Å²) in [6.07, 6.45) is 2.79. The molecule has 0 spiro atoms. The lowest BCUT2D eigenvalue weighted by Crippen LogP contribution is -2.30. The second-order valence-corrected chi connectivity index (χ2v) is 6.80. The molecule has 3 N–H and O–H groups in total. The van der Waals surface area contributed by atoms with Gasteiger partial charge in [0.25, 0.3) is 0 Å². The van der Waals surface area contributed by atoms with E-state index in [1.807, 2.05) is 30.3 Å². The number of aliphatic hydroxyl groups excluding tert-OH is 2. The van der Waals surface area contributed by atoms with Gasteiger partial charge in [0.15, 0.2) is 0 Å². The number of amides is 1. The van der Waals surface area contributed by atoms with Crippen molar-refractivity contribution in [3.63, 3.8) is 0 Å². The third-order valence-corrected chi connectivity index (χ3v) is 4.68. The van der Waals surface area contributed by atoms with Crippen molar-refractivity contribution in [3.8, 4) is 0 Å². The van der Waals surface area contributed by atoms with Crippen LogP contribution < -0.4 is 10.2 Å². The number of rotatable bonds is 8. The van der Waals surface area contributed by atoms with Gasteiger partial charge in [-0.2, -0.15) is 0 Å². The minimum atomic E-state index is -1.12. The SMILES string of the molecule is O=C(NCCC(O)C(O)c1cnc(N2CCCC2)nc1)OCc1ccccc1. The van der Waals surface area contributed by atoms with Gasteiger partial charge >= 0.3 is 6.09 Å². The summed E-state index contributed by atoms with van der Waals surface area (Å²) in [5.41, 5.74) is 1.34. The first kappa shape index (κ1) is 20.0. The zero-order valence-electron chi connectivity index (χ0n) is 15.7. The van der Waals surface area contributed by atoms with Crippen molar-refractivity contribution < 1.29 is 19.7 Å².